The van der Waals surface area contributed by atoms with E-state index in [1.165, 1.54) is 11.4 Å². The largest absolute Gasteiger partial charge is 0.465 e. The van der Waals surface area contributed by atoms with Crippen molar-refractivity contribution in [1.29, 1.82) is 0 Å². The number of esters is 1. The first-order valence-electron chi connectivity index (χ1n) is 7.32. The molecule has 1 unspecified atom stereocenters. The summed E-state index contributed by atoms with van der Waals surface area (Å²) in [5.74, 6) is -0.598. The quantitative estimate of drug-likeness (QED) is 0.788. The van der Waals surface area contributed by atoms with E-state index >= 15 is 0 Å². The summed E-state index contributed by atoms with van der Waals surface area (Å²) >= 11 is 1.12. The van der Waals surface area contributed by atoms with Crippen LogP contribution in [0.15, 0.2) is 10.3 Å². The first-order chi connectivity index (χ1) is 10.4. The minimum Gasteiger partial charge on any atom is -0.465 e. The summed E-state index contributed by atoms with van der Waals surface area (Å²) < 4.78 is 32.4. The Morgan fingerprint density at radius 1 is 1.52 bits per heavy atom. The highest BCUT2D eigenvalue weighted by molar-refractivity contribution is 7.89. The number of rotatable bonds is 5. The second kappa shape index (κ2) is 8.43. The van der Waals surface area contributed by atoms with Gasteiger partial charge in [-0.2, -0.15) is 4.31 Å². The molecule has 1 N–H and O–H groups in total. The van der Waals surface area contributed by atoms with Gasteiger partial charge in [0.05, 0.1) is 7.11 Å². The maximum absolute atomic E-state index is 13.1. The molecule has 0 saturated carbocycles. The van der Waals surface area contributed by atoms with Crippen LogP contribution in [0.5, 0.6) is 0 Å². The first kappa shape index (κ1) is 20.4. The van der Waals surface area contributed by atoms with Gasteiger partial charge < -0.3 is 10.1 Å². The van der Waals surface area contributed by atoms with Gasteiger partial charge in [-0.15, -0.1) is 23.7 Å². The predicted octanol–water partition coefficient (Wildman–Crippen LogP) is 2.03. The molecule has 1 aliphatic rings. The Bertz CT molecular complexity index is 643. The number of nitrogens with one attached hydrogen (secondary N) is 1. The summed E-state index contributed by atoms with van der Waals surface area (Å²) in [6.45, 7) is 5.44. The highest BCUT2D eigenvalue weighted by Crippen LogP contribution is 2.32. The van der Waals surface area contributed by atoms with Crippen molar-refractivity contribution in [2.45, 2.75) is 37.6 Å². The van der Waals surface area contributed by atoms with Gasteiger partial charge in [-0.3, -0.25) is 0 Å². The Morgan fingerprint density at radius 2 is 2.22 bits per heavy atom. The number of ether oxygens (including phenoxy) is 1. The molecule has 0 bridgehead atoms. The van der Waals surface area contributed by atoms with Crippen LogP contribution < -0.4 is 5.32 Å². The maximum Gasteiger partial charge on any atom is 0.349 e. The minimum atomic E-state index is -3.70. The number of aryl methyl sites for hydroxylation is 1. The molecule has 1 aromatic heterocycles. The number of sulfonamides is 1. The third-order valence-electron chi connectivity index (χ3n) is 3.77. The molecule has 1 atom stereocenters. The molecule has 2 rings (SSSR count). The monoisotopic (exact) mass is 382 g/mol. The van der Waals surface area contributed by atoms with Crippen LogP contribution in [0.2, 0.25) is 0 Å². The summed E-state index contributed by atoms with van der Waals surface area (Å²) in [5, 5.41) is 4.93. The zero-order chi connectivity index (χ0) is 16.3. The van der Waals surface area contributed by atoms with Crippen molar-refractivity contribution >= 4 is 39.7 Å². The van der Waals surface area contributed by atoms with Crippen LogP contribution in [0.4, 0.5) is 0 Å². The number of piperazine rings is 1. The fourth-order valence-electron chi connectivity index (χ4n) is 2.74. The van der Waals surface area contributed by atoms with Crippen molar-refractivity contribution in [3.8, 4) is 0 Å². The Hall–Kier alpha value is -0.670. The average Bonchev–Trinajstić information content (AvgIpc) is 2.89. The third kappa shape index (κ3) is 4.06. The molecule has 9 heteroatoms. The van der Waals surface area contributed by atoms with Crippen molar-refractivity contribution in [2.75, 3.05) is 26.7 Å². The number of carbonyl (C=O) groups is 1. The molecule has 0 aromatic carbocycles. The van der Waals surface area contributed by atoms with Gasteiger partial charge in [0.25, 0.3) is 0 Å². The molecule has 0 spiro atoms. The third-order valence-corrected chi connectivity index (χ3v) is 7.12. The van der Waals surface area contributed by atoms with Crippen molar-refractivity contribution in [1.82, 2.24) is 9.62 Å². The van der Waals surface area contributed by atoms with Crippen LogP contribution >= 0.6 is 23.7 Å². The highest BCUT2D eigenvalue weighted by Gasteiger charge is 2.37. The first-order valence-corrected chi connectivity index (χ1v) is 9.64. The Kier molecular flexibility index (Phi) is 7.47. The van der Waals surface area contributed by atoms with Gasteiger partial charge in [-0.1, -0.05) is 13.3 Å². The molecule has 132 valence electrons. The Labute approximate surface area is 147 Å². The smallest absolute Gasteiger partial charge is 0.349 e. The lowest BCUT2D eigenvalue weighted by Crippen LogP contribution is -2.53. The standard InChI is InChI=1S/C14H22N2O4S2.ClH/c1-4-5-11-8-15-6-7-16(11)22(18,19)13-10(2)9-21-12(13)14(17)20-3;/h9,11,15H,4-8H2,1-3H3;1H. The molecule has 0 aliphatic carbocycles. The number of nitrogens with zero attached hydrogens (tertiary/aromatic N) is 1. The molecule has 1 saturated heterocycles. The van der Waals surface area contributed by atoms with Gasteiger partial charge in [0, 0.05) is 25.7 Å². The fraction of sp³-hybridized carbons (Fsp3) is 0.643. The van der Waals surface area contributed by atoms with Crippen LogP contribution in [0.3, 0.4) is 0 Å². The molecule has 1 aliphatic heterocycles. The minimum absolute atomic E-state index is 0. The number of carbonyl (C=O) groups excluding carboxylic acids is 1. The zero-order valence-electron chi connectivity index (χ0n) is 13.5. The van der Waals surface area contributed by atoms with Crippen LogP contribution in [0.1, 0.15) is 35.0 Å². The summed E-state index contributed by atoms with van der Waals surface area (Å²) in [4.78, 5) is 12.1. The molecule has 0 amide bonds. The molecule has 0 radical (unpaired) electrons. The molecular weight excluding hydrogens is 360 g/mol. The topological polar surface area (TPSA) is 75.7 Å². The van der Waals surface area contributed by atoms with Crippen molar-refractivity contribution < 1.29 is 17.9 Å². The SMILES string of the molecule is CCCC1CNCCN1S(=O)(=O)c1c(C)csc1C(=O)OC.Cl. The lowest BCUT2D eigenvalue weighted by atomic mass is 10.1. The fourth-order valence-corrected chi connectivity index (χ4v) is 6.06. The summed E-state index contributed by atoms with van der Waals surface area (Å²) in [6, 6.07) is -0.0754. The zero-order valence-corrected chi connectivity index (χ0v) is 15.9. The van der Waals surface area contributed by atoms with Crippen LogP contribution in [0, 0.1) is 6.92 Å². The molecule has 23 heavy (non-hydrogen) atoms. The van der Waals surface area contributed by atoms with Gasteiger partial charge >= 0.3 is 5.97 Å². The Morgan fingerprint density at radius 3 is 2.83 bits per heavy atom. The molecule has 1 fully saturated rings. The van der Waals surface area contributed by atoms with Gasteiger partial charge in [-0.05, 0) is 24.3 Å². The number of hydrogen-bond donors (Lipinski definition) is 1. The van der Waals surface area contributed by atoms with Gasteiger partial charge in [0.15, 0.2) is 0 Å². The van der Waals surface area contributed by atoms with Gasteiger partial charge in [0.2, 0.25) is 10.0 Å². The lowest BCUT2D eigenvalue weighted by Gasteiger charge is -2.35. The normalized spacial score (nSPS) is 19.2. The molecule has 1 aromatic rings. The van der Waals surface area contributed by atoms with E-state index in [0.717, 1.165) is 24.2 Å². The van der Waals surface area contributed by atoms with Gasteiger partial charge in [-0.25, -0.2) is 13.2 Å². The van der Waals surface area contributed by atoms with E-state index in [0.29, 0.717) is 25.2 Å². The van der Waals surface area contributed by atoms with Gasteiger partial charge in [0.1, 0.15) is 9.77 Å². The van der Waals surface area contributed by atoms with E-state index in [2.05, 4.69) is 5.32 Å². The molecule has 6 nitrogen and oxygen atoms in total. The molecular formula is C14H23ClN2O4S2. The second-order valence-corrected chi connectivity index (χ2v) is 8.04. The van der Waals surface area contributed by atoms with E-state index in [-0.39, 0.29) is 28.2 Å². The van der Waals surface area contributed by atoms with Crippen LogP contribution in [0.25, 0.3) is 0 Å². The summed E-state index contributed by atoms with van der Waals surface area (Å²) in [6.07, 6.45) is 1.70. The van der Waals surface area contributed by atoms with Crippen molar-refractivity contribution in [2.24, 2.45) is 0 Å². The lowest BCUT2D eigenvalue weighted by molar-refractivity contribution is 0.0602. The predicted molar refractivity (Wildman–Crippen MR) is 93.1 cm³/mol. The van der Waals surface area contributed by atoms with E-state index in [4.69, 9.17) is 4.74 Å². The van der Waals surface area contributed by atoms with E-state index in [1.54, 1.807) is 12.3 Å². The van der Waals surface area contributed by atoms with E-state index < -0.39 is 16.0 Å². The number of thiophene rings is 1. The van der Waals surface area contributed by atoms with Crippen molar-refractivity contribution in [3.05, 3.63) is 15.8 Å². The number of methoxy groups -OCH3 is 1. The summed E-state index contributed by atoms with van der Waals surface area (Å²) in [5.41, 5.74) is 0.596. The number of halogens is 1. The van der Waals surface area contributed by atoms with E-state index in [1.807, 2.05) is 6.92 Å². The van der Waals surface area contributed by atoms with E-state index in [9.17, 15) is 13.2 Å². The van der Waals surface area contributed by atoms with Crippen LogP contribution in [-0.2, 0) is 14.8 Å². The second-order valence-electron chi connectivity index (χ2n) is 5.33. The maximum atomic E-state index is 13.1. The van der Waals surface area contributed by atoms with Crippen molar-refractivity contribution in [3.63, 3.8) is 0 Å². The molecule has 2 heterocycles. The number of hydrogen-bond acceptors (Lipinski definition) is 6. The highest BCUT2D eigenvalue weighted by atomic mass is 35.5. The van der Waals surface area contributed by atoms with Crippen LogP contribution in [-0.4, -0.2) is 51.5 Å². The Balaban J connectivity index is 0.00000264. The average molecular weight is 383 g/mol. The summed E-state index contributed by atoms with van der Waals surface area (Å²) in [7, 11) is -2.44.